The zero-order chi connectivity index (χ0) is 11.5. The summed E-state index contributed by atoms with van der Waals surface area (Å²) in [6.07, 6.45) is 3.82. The van der Waals surface area contributed by atoms with Gasteiger partial charge in [0.05, 0.1) is 6.54 Å². The third-order valence-corrected chi connectivity index (χ3v) is 2.71. The second-order valence-corrected chi connectivity index (χ2v) is 3.97. The van der Waals surface area contributed by atoms with E-state index in [0.29, 0.717) is 18.4 Å². The predicted molar refractivity (Wildman–Crippen MR) is 72.8 cm³/mol. The van der Waals surface area contributed by atoms with Gasteiger partial charge >= 0.3 is 0 Å². The Hall–Kier alpha value is -0.850. The molecule has 0 bridgehead atoms. The first-order valence-corrected chi connectivity index (χ1v) is 5.62. The van der Waals surface area contributed by atoms with Crippen LogP contribution in [0.5, 0.6) is 0 Å². The highest BCUT2D eigenvalue weighted by molar-refractivity contribution is 5.85. The molecule has 0 radical (unpaired) electrons. The third kappa shape index (κ3) is 4.12. The lowest BCUT2D eigenvalue weighted by atomic mass is 10.4. The average molecular weight is 296 g/mol. The van der Waals surface area contributed by atoms with Crippen LogP contribution in [0.25, 0.3) is 0 Å². The number of carbonyl (C=O) groups excluding carboxylic acids is 1. The molecule has 18 heavy (non-hydrogen) atoms. The molecule has 1 amide bonds. The minimum atomic E-state index is 0. The standard InChI is InChI=1S/C10H17N5O.2ClH/c1-2-15(8-3-4-8)10(16)6-14-7-12-9(5-11)13-14;;/h7-8H,2-6,11H2,1H3;2*1H. The van der Waals surface area contributed by atoms with Gasteiger partial charge in [0, 0.05) is 12.6 Å². The molecule has 2 N–H and O–H groups in total. The molecule has 0 unspecified atom stereocenters. The molecule has 8 heteroatoms. The Morgan fingerprint density at radius 2 is 2.22 bits per heavy atom. The van der Waals surface area contributed by atoms with Crippen LogP contribution in [0, 0.1) is 0 Å². The fraction of sp³-hybridized carbons (Fsp3) is 0.700. The van der Waals surface area contributed by atoms with Crippen molar-refractivity contribution in [3.05, 3.63) is 12.2 Å². The van der Waals surface area contributed by atoms with Gasteiger partial charge < -0.3 is 10.6 Å². The maximum absolute atomic E-state index is 11.9. The molecule has 0 spiro atoms. The van der Waals surface area contributed by atoms with Crippen LogP contribution in [-0.4, -0.2) is 38.2 Å². The number of amides is 1. The summed E-state index contributed by atoms with van der Waals surface area (Å²) in [6.45, 7) is 3.34. The quantitative estimate of drug-likeness (QED) is 0.863. The van der Waals surface area contributed by atoms with Crippen molar-refractivity contribution in [1.82, 2.24) is 19.7 Å². The zero-order valence-electron chi connectivity index (χ0n) is 10.3. The molecule has 0 atom stereocenters. The Balaban J connectivity index is 0.00000144. The van der Waals surface area contributed by atoms with E-state index in [4.69, 9.17) is 5.73 Å². The molecule has 1 aromatic rings. The summed E-state index contributed by atoms with van der Waals surface area (Å²) in [5.41, 5.74) is 5.40. The average Bonchev–Trinajstić information content (AvgIpc) is 2.99. The maximum atomic E-state index is 11.9. The van der Waals surface area contributed by atoms with Gasteiger partial charge in [0.2, 0.25) is 5.91 Å². The maximum Gasteiger partial charge on any atom is 0.244 e. The second kappa shape index (κ2) is 7.56. The summed E-state index contributed by atoms with van der Waals surface area (Å²) in [6, 6.07) is 0.454. The van der Waals surface area contributed by atoms with Crippen LogP contribution in [0.3, 0.4) is 0 Å². The fourth-order valence-corrected chi connectivity index (χ4v) is 1.76. The topological polar surface area (TPSA) is 77.0 Å². The summed E-state index contributed by atoms with van der Waals surface area (Å²) in [7, 11) is 0. The van der Waals surface area contributed by atoms with Crippen LogP contribution in [0.1, 0.15) is 25.6 Å². The molecule has 6 nitrogen and oxygen atoms in total. The van der Waals surface area contributed by atoms with Crippen molar-refractivity contribution in [2.45, 2.75) is 38.9 Å². The lowest BCUT2D eigenvalue weighted by Crippen LogP contribution is -2.35. The normalized spacial score (nSPS) is 13.4. The SMILES string of the molecule is CCN(C(=O)Cn1cnc(CN)n1)C1CC1.Cl.Cl. The third-order valence-electron chi connectivity index (χ3n) is 2.71. The lowest BCUT2D eigenvalue weighted by Gasteiger charge is -2.19. The van der Waals surface area contributed by atoms with Crippen LogP contribution in [0.4, 0.5) is 0 Å². The van der Waals surface area contributed by atoms with E-state index < -0.39 is 0 Å². The first-order chi connectivity index (χ1) is 7.74. The molecule has 1 aliphatic carbocycles. The van der Waals surface area contributed by atoms with Crippen molar-refractivity contribution in [2.75, 3.05) is 6.54 Å². The lowest BCUT2D eigenvalue weighted by molar-refractivity contribution is -0.132. The molecule has 104 valence electrons. The highest BCUT2D eigenvalue weighted by Gasteiger charge is 2.31. The first-order valence-electron chi connectivity index (χ1n) is 5.62. The van der Waals surface area contributed by atoms with E-state index >= 15 is 0 Å². The summed E-state index contributed by atoms with van der Waals surface area (Å²) in [5.74, 6) is 0.681. The minimum absolute atomic E-state index is 0. The zero-order valence-corrected chi connectivity index (χ0v) is 11.9. The van der Waals surface area contributed by atoms with E-state index in [1.165, 1.54) is 0 Å². The number of likely N-dealkylation sites (N-methyl/N-ethyl adjacent to an activating group) is 1. The van der Waals surface area contributed by atoms with Crippen LogP contribution in [-0.2, 0) is 17.9 Å². The van der Waals surface area contributed by atoms with Gasteiger partial charge in [-0.05, 0) is 19.8 Å². The van der Waals surface area contributed by atoms with Gasteiger partial charge in [-0.2, -0.15) is 5.10 Å². The highest BCUT2D eigenvalue weighted by atomic mass is 35.5. The number of carbonyl (C=O) groups is 1. The van der Waals surface area contributed by atoms with Gasteiger partial charge in [-0.15, -0.1) is 24.8 Å². The molecule has 1 aliphatic rings. The molecule has 1 heterocycles. The van der Waals surface area contributed by atoms with Crippen molar-refractivity contribution >= 4 is 30.7 Å². The molecule has 0 aliphatic heterocycles. The van der Waals surface area contributed by atoms with E-state index in [1.54, 1.807) is 11.0 Å². The number of nitrogens with zero attached hydrogens (tertiary/aromatic N) is 4. The summed E-state index contributed by atoms with van der Waals surface area (Å²) < 4.78 is 1.55. The predicted octanol–water partition coefficient (Wildman–Crippen LogP) is 0.591. The number of hydrogen-bond acceptors (Lipinski definition) is 4. The number of halogens is 2. The Morgan fingerprint density at radius 1 is 1.56 bits per heavy atom. The Bertz CT molecular complexity index is 380. The number of aromatic nitrogens is 3. The van der Waals surface area contributed by atoms with Gasteiger partial charge in [-0.1, -0.05) is 0 Å². The van der Waals surface area contributed by atoms with E-state index in [-0.39, 0.29) is 37.3 Å². The van der Waals surface area contributed by atoms with Gasteiger partial charge in [0.25, 0.3) is 0 Å². The first kappa shape index (κ1) is 17.2. The van der Waals surface area contributed by atoms with Crippen molar-refractivity contribution in [3.8, 4) is 0 Å². The monoisotopic (exact) mass is 295 g/mol. The minimum Gasteiger partial charge on any atom is -0.338 e. The van der Waals surface area contributed by atoms with Gasteiger partial charge in [0.15, 0.2) is 5.82 Å². The molecule has 0 saturated heterocycles. The number of nitrogens with two attached hydrogens (primary N) is 1. The fourth-order valence-electron chi connectivity index (χ4n) is 1.76. The Labute approximate surface area is 119 Å². The van der Waals surface area contributed by atoms with Crippen LogP contribution in [0.2, 0.25) is 0 Å². The van der Waals surface area contributed by atoms with Crippen molar-refractivity contribution in [1.29, 1.82) is 0 Å². The molecular formula is C10H19Cl2N5O. The number of rotatable bonds is 5. The van der Waals surface area contributed by atoms with Crippen LogP contribution >= 0.6 is 24.8 Å². The smallest absolute Gasteiger partial charge is 0.244 e. The summed E-state index contributed by atoms with van der Waals surface area (Å²) in [4.78, 5) is 17.8. The van der Waals surface area contributed by atoms with Crippen LogP contribution < -0.4 is 5.73 Å². The van der Waals surface area contributed by atoms with E-state index in [0.717, 1.165) is 19.4 Å². The van der Waals surface area contributed by atoms with E-state index in [2.05, 4.69) is 10.1 Å². The van der Waals surface area contributed by atoms with Crippen molar-refractivity contribution < 1.29 is 4.79 Å². The Morgan fingerprint density at radius 3 is 2.67 bits per heavy atom. The highest BCUT2D eigenvalue weighted by Crippen LogP contribution is 2.26. The second-order valence-electron chi connectivity index (χ2n) is 3.97. The van der Waals surface area contributed by atoms with Crippen molar-refractivity contribution in [3.63, 3.8) is 0 Å². The van der Waals surface area contributed by atoms with Gasteiger partial charge in [-0.25, -0.2) is 9.67 Å². The molecule has 2 rings (SSSR count). The van der Waals surface area contributed by atoms with Crippen LogP contribution in [0.15, 0.2) is 6.33 Å². The van der Waals surface area contributed by atoms with Gasteiger partial charge in [-0.3, -0.25) is 4.79 Å². The molecule has 0 aromatic carbocycles. The largest absolute Gasteiger partial charge is 0.338 e. The molecule has 1 fully saturated rings. The molecule has 1 saturated carbocycles. The van der Waals surface area contributed by atoms with Gasteiger partial charge in [0.1, 0.15) is 12.9 Å². The van der Waals surface area contributed by atoms with Crippen molar-refractivity contribution in [2.24, 2.45) is 5.73 Å². The summed E-state index contributed by atoms with van der Waals surface area (Å²) in [5, 5.41) is 4.10. The van der Waals surface area contributed by atoms with E-state index in [1.807, 2.05) is 11.8 Å². The molecular weight excluding hydrogens is 277 g/mol. The Kier molecular flexibility index (Phi) is 7.20. The summed E-state index contributed by atoms with van der Waals surface area (Å²) >= 11 is 0. The number of hydrogen-bond donors (Lipinski definition) is 1. The molecule has 1 aromatic heterocycles. The van der Waals surface area contributed by atoms with E-state index in [9.17, 15) is 4.79 Å².